The SMILES string of the molecule is CCc1ccc2[nH]c3c(c(=O)c2c1)C(=O)CO3. The number of Topliss-reactive ketones (excluding diaryl/α,β-unsaturated/α-hetero) is 1. The summed E-state index contributed by atoms with van der Waals surface area (Å²) in [5, 5.41) is 0.557. The van der Waals surface area contributed by atoms with E-state index >= 15 is 0 Å². The highest BCUT2D eigenvalue weighted by molar-refractivity contribution is 6.04. The van der Waals surface area contributed by atoms with Crippen molar-refractivity contribution in [2.45, 2.75) is 13.3 Å². The molecule has 0 saturated heterocycles. The van der Waals surface area contributed by atoms with E-state index in [2.05, 4.69) is 4.98 Å². The number of nitrogens with one attached hydrogen (secondary N) is 1. The number of fused-ring (bicyclic) bond motifs is 2. The molecule has 0 saturated carbocycles. The zero-order valence-corrected chi connectivity index (χ0v) is 9.37. The standard InChI is InChI=1S/C13H11NO3/c1-2-7-3-4-9-8(5-7)12(16)11-10(15)6-17-13(11)14-9/h3-5H,2,6H2,1H3,(H,14,16). The molecule has 0 radical (unpaired) electrons. The lowest BCUT2D eigenvalue weighted by Crippen LogP contribution is -2.13. The molecule has 4 heteroatoms. The van der Waals surface area contributed by atoms with Crippen LogP contribution in [-0.4, -0.2) is 17.4 Å². The molecule has 0 unspecified atom stereocenters. The maximum absolute atomic E-state index is 12.2. The quantitative estimate of drug-likeness (QED) is 0.809. The fraction of sp³-hybridized carbons (Fsp3) is 0.231. The molecule has 0 fully saturated rings. The number of ketones is 1. The Morgan fingerprint density at radius 1 is 1.35 bits per heavy atom. The van der Waals surface area contributed by atoms with Gasteiger partial charge in [-0.2, -0.15) is 0 Å². The van der Waals surface area contributed by atoms with Gasteiger partial charge in [-0.05, 0) is 24.1 Å². The summed E-state index contributed by atoms with van der Waals surface area (Å²) >= 11 is 0. The van der Waals surface area contributed by atoms with E-state index in [1.807, 2.05) is 25.1 Å². The Morgan fingerprint density at radius 3 is 2.94 bits per heavy atom. The molecular weight excluding hydrogens is 218 g/mol. The highest BCUT2D eigenvalue weighted by atomic mass is 16.5. The van der Waals surface area contributed by atoms with Crippen LogP contribution >= 0.6 is 0 Å². The molecule has 17 heavy (non-hydrogen) atoms. The molecule has 1 aliphatic heterocycles. The Labute approximate surface area is 97.2 Å². The fourth-order valence-corrected chi connectivity index (χ4v) is 2.10. The number of benzene rings is 1. The number of aromatic amines is 1. The summed E-state index contributed by atoms with van der Waals surface area (Å²) in [4.78, 5) is 26.7. The van der Waals surface area contributed by atoms with Crippen LogP contribution in [0.2, 0.25) is 0 Å². The van der Waals surface area contributed by atoms with Gasteiger partial charge in [0.15, 0.2) is 6.61 Å². The van der Waals surface area contributed by atoms with Crippen molar-refractivity contribution in [2.75, 3.05) is 6.61 Å². The fourth-order valence-electron chi connectivity index (χ4n) is 2.10. The number of carbonyl (C=O) groups is 1. The molecule has 1 N–H and O–H groups in total. The molecule has 3 rings (SSSR count). The van der Waals surface area contributed by atoms with Gasteiger partial charge in [0, 0.05) is 5.39 Å². The van der Waals surface area contributed by atoms with E-state index in [4.69, 9.17) is 4.74 Å². The number of aromatic nitrogens is 1. The molecule has 1 aliphatic rings. The van der Waals surface area contributed by atoms with Crippen molar-refractivity contribution in [1.82, 2.24) is 4.98 Å². The predicted molar refractivity (Wildman–Crippen MR) is 63.8 cm³/mol. The number of hydrogen-bond acceptors (Lipinski definition) is 3. The summed E-state index contributed by atoms with van der Waals surface area (Å²) in [5.74, 6) is 0.0572. The van der Waals surface area contributed by atoms with Crippen molar-refractivity contribution in [2.24, 2.45) is 0 Å². The van der Waals surface area contributed by atoms with Crippen LogP contribution < -0.4 is 10.2 Å². The van der Waals surface area contributed by atoms with Crippen molar-refractivity contribution in [1.29, 1.82) is 0 Å². The minimum absolute atomic E-state index is 0.0436. The van der Waals surface area contributed by atoms with E-state index < -0.39 is 0 Å². The van der Waals surface area contributed by atoms with E-state index in [0.29, 0.717) is 16.8 Å². The average Bonchev–Trinajstić information content (AvgIpc) is 2.71. The Hall–Kier alpha value is -2.10. The van der Waals surface area contributed by atoms with Crippen molar-refractivity contribution >= 4 is 16.7 Å². The second-order valence-electron chi connectivity index (χ2n) is 4.10. The van der Waals surface area contributed by atoms with Crippen LogP contribution in [0.3, 0.4) is 0 Å². The lowest BCUT2D eigenvalue weighted by molar-refractivity contribution is 0.0959. The lowest BCUT2D eigenvalue weighted by atomic mass is 10.1. The Morgan fingerprint density at radius 2 is 2.18 bits per heavy atom. The zero-order chi connectivity index (χ0) is 12.0. The zero-order valence-electron chi connectivity index (χ0n) is 9.37. The minimum atomic E-state index is -0.245. The Balaban J connectivity index is 2.41. The first kappa shape index (κ1) is 10.1. The number of H-pyrrole nitrogens is 1. The molecule has 2 heterocycles. The third-order valence-corrected chi connectivity index (χ3v) is 3.07. The summed E-state index contributed by atoms with van der Waals surface area (Å²) in [6.45, 7) is 1.98. The first-order chi connectivity index (χ1) is 8.20. The van der Waals surface area contributed by atoms with Gasteiger partial charge in [-0.25, -0.2) is 0 Å². The molecular formula is C13H11NO3. The summed E-state index contributed by atoms with van der Waals surface area (Å²) in [6.07, 6.45) is 0.858. The number of hydrogen-bond donors (Lipinski definition) is 1. The molecule has 86 valence electrons. The van der Waals surface area contributed by atoms with Crippen molar-refractivity contribution < 1.29 is 9.53 Å². The van der Waals surface area contributed by atoms with Gasteiger partial charge in [-0.1, -0.05) is 13.0 Å². The van der Waals surface area contributed by atoms with E-state index in [9.17, 15) is 9.59 Å². The second kappa shape index (κ2) is 3.45. The van der Waals surface area contributed by atoms with Gasteiger partial charge in [-0.15, -0.1) is 0 Å². The van der Waals surface area contributed by atoms with E-state index in [1.165, 1.54) is 0 Å². The van der Waals surface area contributed by atoms with E-state index in [1.54, 1.807) is 0 Å². The minimum Gasteiger partial charge on any atom is -0.470 e. The largest absolute Gasteiger partial charge is 0.470 e. The van der Waals surface area contributed by atoms with Crippen LogP contribution in [0.25, 0.3) is 10.9 Å². The smallest absolute Gasteiger partial charge is 0.209 e. The number of pyridine rings is 1. The van der Waals surface area contributed by atoms with Gasteiger partial charge in [0.1, 0.15) is 5.56 Å². The molecule has 0 aliphatic carbocycles. The molecule has 0 atom stereocenters. The molecule has 0 bridgehead atoms. The van der Waals surface area contributed by atoms with Gasteiger partial charge >= 0.3 is 0 Å². The number of aryl methyl sites for hydroxylation is 1. The van der Waals surface area contributed by atoms with E-state index in [-0.39, 0.29) is 23.4 Å². The predicted octanol–water partition coefficient (Wildman–Crippen LogP) is 1.67. The normalized spacial score (nSPS) is 13.8. The molecule has 0 amide bonds. The van der Waals surface area contributed by atoms with Crippen molar-refractivity contribution in [3.63, 3.8) is 0 Å². The van der Waals surface area contributed by atoms with Gasteiger partial charge in [0.25, 0.3) is 0 Å². The number of carbonyl (C=O) groups excluding carboxylic acids is 1. The van der Waals surface area contributed by atoms with Gasteiger partial charge in [0.05, 0.1) is 5.52 Å². The van der Waals surface area contributed by atoms with Crippen LogP contribution in [0, 0.1) is 0 Å². The van der Waals surface area contributed by atoms with Crippen molar-refractivity contribution in [3.05, 3.63) is 39.5 Å². The molecule has 4 nitrogen and oxygen atoms in total. The van der Waals surface area contributed by atoms with Crippen LogP contribution in [-0.2, 0) is 6.42 Å². The molecule has 1 aromatic carbocycles. The first-order valence-electron chi connectivity index (χ1n) is 5.55. The summed E-state index contributed by atoms with van der Waals surface area (Å²) < 4.78 is 5.15. The Kier molecular flexibility index (Phi) is 2.04. The van der Waals surface area contributed by atoms with Gasteiger partial charge in [0.2, 0.25) is 17.1 Å². The van der Waals surface area contributed by atoms with Crippen LogP contribution in [0.5, 0.6) is 5.88 Å². The topological polar surface area (TPSA) is 59.2 Å². The molecule has 2 aromatic rings. The van der Waals surface area contributed by atoms with Gasteiger partial charge in [-0.3, -0.25) is 9.59 Å². The highest BCUT2D eigenvalue weighted by Gasteiger charge is 2.26. The third-order valence-electron chi connectivity index (χ3n) is 3.07. The average molecular weight is 229 g/mol. The monoisotopic (exact) mass is 229 g/mol. The Bertz CT molecular complexity index is 685. The summed E-state index contributed by atoms with van der Waals surface area (Å²) in [5.41, 5.74) is 1.72. The maximum atomic E-state index is 12.2. The summed E-state index contributed by atoms with van der Waals surface area (Å²) in [7, 11) is 0. The van der Waals surface area contributed by atoms with Crippen molar-refractivity contribution in [3.8, 4) is 5.88 Å². The summed E-state index contributed by atoms with van der Waals surface area (Å²) in [6, 6.07) is 5.64. The molecule has 0 spiro atoms. The van der Waals surface area contributed by atoms with Crippen LogP contribution in [0.15, 0.2) is 23.0 Å². The third kappa shape index (κ3) is 1.37. The lowest BCUT2D eigenvalue weighted by Gasteiger charge is -2.03. The number of ether oxygens (including phenoxy) is 1. The molecule has 1 aromatic heterocycles. The van der Waals surface area contributed by atoms with Gasteiger partial charge < -0.3 is 9.72 Å². The highest BCUT2D eigenvalue weighted by Crippen LogP contribution is 2.23. The van der Waals surface area contributed by atoms with Crippen LogP contribution in [0.4, 0.5) is 0 Å². The second-order valence-corrected chi connectivity index (χ2v) is 4.10. The first-order valence-corrected chi connectivity index (χ1v) is 5.55. The maximum Gasteiger partial charge on any atom is 0.209 e. The number of rotatable bonds is 1. The van der Waals surface area contributed by atoms with E-state index in [0.717, 1.165) is 12.0 Å². The van der Waals surface area contributed by atoms with Crippen LogP contribution in [0.1, 0.15) is 22.8 Å².